The summed E-state index contributed by atoms with van der Waals surface area (Å²) in [6.45, 7) is 2.59. The van der Waals surface area contributed by atoms with Crippen molar-refractivity contribution >= 4 is 17.2 Å². The Kier molecular flexibility index (Phi) is 5.24. The number of aliphatic hydroxyl groups is 1. The molecule has 0 spiro atoms. The van der Waals surface area contributed by atoms with Gasteiger partial charge in [0.05, 0.1) is 18.5 Å². The molecule has 134 valence electrons. The molecule has 2 heterocycles. The minimum absolute atomic E-state index is 0.0654. The van der Waals surface area contributed by atoms with Gasteiger partial charge in [0.25, 0.3) is 5.91 Å². The molecule has 2 aromatic rings. The second-order valence-corrected chi connectivity index (χ2v) is 6.91. The molecule has 1 fully saturated rings. The van der Waals surface area contributed by atoms with Gasteiger partial charge in [-0.3, -0.25) is 4.79 Å². The summed E-state index contributed by atoms with van der Waals surface area (Å²) in [7, 11) is 1.43. The van der Waals surface area contributed by atoms with E-state index >= 15 is 0 Å². The molecule has 1 N–H and O–H groups in total. The van der Waals surface area contributed by atoms with Crippen LogP contribution >= 0.6 is 11.3 Å². The fraction of sp³-hybridized carbons (Fsp3) is 0.389. The van der Waals surface area contributed by atoms with Crippen molar-refractivity contribution < 1.29 is 23.8 Å². The van der Waals surface area contributed by atoms with E-state index in [1.807, 2.05) is 18.4 Å². The number of ether oxygens (including phenoxy) is 2. The summed E-state index contributed by atoms with van der Waals surface area (Å²) in [4.78, 5) is 14.9. The molecule has 2 atom stereocenters. The molecular formula is C18H20FNO4S. The van der Waals surface area contributed by atoms with Crippen LogP contribution in [0.25, 0.3) is 0 Å². The van der Waals surface area contributed by atoms with E-state index in [0.29, 0.717) is 23.6 Å². The van der Waals surface area contributed by atoms with Gasteiger partial charge in [0.15, 0.2) is 11.5 Å². The average molecular weight is 365 g/mol. The fourth-order valence-electron chi connectivity index (χ4n) is 2.87. The Hall–Kier alpha value is -2.12. The molecule has 5 nitrogen and oxygen atoms in total. The first kappa shape index (κ1) is 17.7. The standard InChI is InChI=1S/C18H20FNO4S/c1-11-6-8-25-17(11)18(22)20-7-5-14(13(21)10-20)24-15-4-3-12(19)9-16(15)23-2/h3-4,6,8-9,13-14,21H,5,7,10H2,1-2H3/t13-,14-/m1/s1. The van der Waals surface area contributed by atoms with Crippen LogP contribution in [0.4, 0.5) is 4.39 Å². The minimum atomic E-state index is -0.826. The molecule has 1 saturated heterocycles. The van der Waals surface area contributed by atoms with Gasteiger partial charge < -0.3 is 19.5 Å². The van der Waals surface area contributed by atoms with E-state index in [4.69, 9.17) is 9.47 Å². The SMILES string of the molecule is COc1cc(F)ccc1O[C@@H]1CCN(C(=O)c2sccc2C)C[C@H]1O. The van der Waals surface area contributed by atoms with E-state index in [1.165, 1.54) is 36.6 Å². The van der Waals surface area contributed by atoms with Crippen LogP contribution in [0.1, 0.15) is 21.7 Å². The van der Waals surface area contributed by atoms with Gasteiger partial charge in [-0.2, -0.15) is 0 Å². The largest absolute Gasteiger partial charge is 0.493 e. The number of amides is 1. The van der Waals surface area contributed by atoms with Crippen LogP contribution in [0.5, 0.6) is 11.5 Å². The van der Waals surface area contributed by atoms with Crippen LogP contribution < -0.4 is 9.47 Å². The predicted octanol–water partition coefficient (Wildman–Crippen LogP) is 2.86. The number of halogens is 1. The molecule has 3 rings (SSSR count). The lowest BCUT2D eigenvalue weighted by molar-refractivity contribution is -0.0206. The Bertz CT molecular complexity index is 763. The Labute approximate surface area is 149 Å². The number of nitrogens with zero attached hydrogens (tertiary/aromatic N) is 1. The summed E-state index contributed by atoms with van der Waals surface area (Å²) in [6.07, 6.45) is -0.821. The van der Waals surface area contributed by atoms with Gasteiger partial charge in [-0.1, -0.05) is 0 Å². The van der Waals surface area contributed by atoms with Crippen LogP contribution in [0.3, 0.4) is 0 Å². The van der Waals surface area contributed by atoms with Crippen LogP contribution in [0.15, 0.2) is 29.6 Å². The topological polar surface area (TPSA) is 59.0 Å². The van der Waals surface area contributed by atoms with Gasteiger partial charge in [0.1, 0.15) is 18.0 Å². The number of piperidine rings is 1. The van der Waals surface area contributed by atoms with Crippen molar-refractivity contribution in [3.63, 3.8) is 0 Å². The van der Waals surface area contributed by atoms with Crippen molar-refractivity contribution in [3.05, 3.63) is 45.9 Å². The zero-order valence-electron chi connectivity index (χ0n) is 14.1. The summed E-state index contributed by atoms with van der Waals surface area (Å²) >= 11 is 1.41. The zero-order valence-corrected chi connectivity index (χ0v) is 14.9. The molecule has 0 unspecified atom stereocenters. The highest BCUT2D eigenvalue weighted by Crippen LogP contribution is 2.30. The Morgan fingerprint density at radius 2 is 2.16 bits per heavy atom. The highest BCUT2D eigenvalue weighted by Gasteiger charge is 2.33. The molecule has 1 aromatic carbocycles. The molecule has 0 bridgehead atoms. The van der Waals surface area contributed by atoms with Crippen LogP contribution in [0.2, 0.25) is 0 Å². The molecule has 0 saturated carbocycles. The first-order valence-corrected chi connectivity index (χ1v) is 8.89. The van der Waals surface area contributed by atoms with Crippen molar-refractivity contribution in [1.82, 2.24) is 4.90 Å². The number of benzene rings is 1. The maximum absolute atomic E-state index is 13.3. The van der Waals surface area contributed by atoms with Crippen molar-refractivity contribution in [2.45, 2.75) is 25.6 Å². The summed E-state index contributed by atoms with van der Waals surface area (Å²) in [5.74, 6) is 0.169. The number of likely N-dealkylation sites (tertiary alicyclic amines) is 1. The first-order valence-electron chi connectivity index (χ1n) is 8.01. The van der Waals surface area contributed by atoms with E-state index in [0.717, 1.165) is 5.56 Å². The number of aliphatic hydroxyl groups excluding tert-OH is 1. The number of hydrogen-bond donors (Lipinski definition) is 1. The molecule has 1 aliphatic rings. The maximum atomic E-state index is 13.3. The van der Waals surface area contributed by atoms with Crippen molar-refractivity contribution in [2.24, 2.45) is 0 Å². The second-order valence-electron chi connectivity index (χ2n) is 5.99. The molecule has 0 radical (unpaired) electrons. The quantitative estimate of drug-likeness (QED) is 0.905. The molecule has 7 heteroatoms. The minimum Gasteiger partial charge on any atom is -0.493 e. The number of carbonyl (C=O) groups is 1. The summed E-state index contributed by atoms with van der Waals surface area (Å²) in [5, 5.41) is 12.3. The average Bonchev–Trinajstić information content (AvgIpc) is 3.03. The molecule has 1 aliphatic heterocycles. The van der Waals surface area contributed by atoms with Crippen molar-refractivity contribution in [1.29, 1.82) is 0 Å². The first-order chi connectivity index (χ1) is 12.0. The van der Waals surface area contributed by atoms with Crippen LogP contribution in [-0.2, 0) is 0 Å². The molecule has 1 aromatic heterocycles. The van der Waals surface area contributed by atoms with E-state index < -0.39 is 18.0 Å². The van der Waals surface area contributed by atoms with Crippen LogP contribution in [0, 0.1) is 12.7 Å². The van der Waals surface area contributed by atoms with E-state index in [-0.39, 0.29) is 18.2 Å². The number of rotatable bonds is 4. The highest BCUT2D eigenvalue weighted by molar-refractivity contribution is 7.12. The highest BCUT2D eigenvalue weighted by atomic mass is 32.1. The Balaban J connectivity index is 1.66. The molecular weight excluding hydrogens is 345 g/mol. The monoisotopic (exact) mass is 365 g/mol. The fourth-order valence-corrected chi connectivity index (χ4v) is 3.76. The van der Waals surface area contributed by atoms with Crippen LogP contribution in [-0.4, -0.2) is 48.3 Å². The Morgan fingerprint density at radius 1 is 1.36 bits per heavy atom. The van der Waals surface area contributed by atoms with Crippen molar-refractivity contribution in [3.8, 4) is 11.5 Å². The lowest BCUT2D eigenvalue weighted by atomic mass is 10.0. The number of β-amino-alcohol motifs (C(OH)–C–C–N with tert-alkyl or cyclic N) is 1. The second kappa shape index (κ2) is 7.41. The summed E-state index contributed by atoms with van der Waals surface area (Å²) in [5.41, 5.74) is 0.943. The van der Waals surface area contributed by atoms with Gasteiger partial charge >= 0.3 is 0 Å². The van der Waals surface area contributed by atoms with Gasteiger partial charge in [0, 0.05) is 19.0 Å². The third-order valence-electron chi connectivity index (χ3n) is 4.27. The lowest BCUT2D eigenvalue weighted by Crippen LogP contribution is -2.51. The van der Waals surface area contributed by atoms with E-state index in [2.05, 4.69) is 0 Å². The van der Waals surface area contributed by atoms with Crippen molar-refractivity contribution in [2.75, 3.05) is 20.2 Å². The Morgan fingerprint density at radius 3 is 2.80 bits per heavy atom. The molecule has 1 amide bonds. The zero-order chi connectivity index (χ0) is 18.0. The van der Waals surface area contributed by atoms with E-state index in [1.54, 1.807) is 4.90 Å². The van der Waals surface area contributed by atoms with Gasteiger partial charge in [-0.05, 0) is 36.1 Å². The van der Waals surface area contributed by atoms with Gasteiger partial charge in [0.2, 0.25) is 0 Å². The molecule has 25 heavy (non-hydrogen) atoms. The van der Waals surface area contributed by atoms with E-state index in [9.17, 15) is 14.3 Å². The predicted molar refractivity (Wildman–Crippen MR) is 93.0 cm³/mol. The molecule has 0 aliphatic carbocycles. The third-order valence-corrected chi connectivity index (χ3v) is 5.27. The lowest BCUT2D eigenvalue weighted by Gasteiger charge is -2.36. The number of aryl methyl sites for hydroxylation is 1. The summed E-state index contributed by atoms with van der Waals surface area (Å²) in [6, 6.07) is 5.90. The smallest absolute Gasteiger partial charge is 0.264 e. The number of methoxy groups -OCH3 is 1. The maximum Gasteiger partial charge on any atom is 0.264 e. The van der Waals surface area contributed by atoms with Gasteiger partial charge in [-0.25, -0.2) is 4.39 Å². The summed E-state index contributed by atoms with van der Waals surface area (Å²) < 4.78 is 24.2. The van der Waals surface area contributed by atoms with Gasteiger partial charge in [-0.15, -0.1) is 11.3 Å². The normalized spacial score (nSPS) is 20.4. The number of thiophene rings is 1. The number of carbonyl (C=O) groups excluding carboxylic acids is 1. The third kappa shape index (κ3) is 3.77. The number of hydrogen-bond acceptors (Lipinski definition) is 5.